The number of rotatable bonds is 0. The van der Waals surface area contributed by atoms with Gasteiger partial charge in [0.05, 0.1) is 22.1 Å². The maximum absolute atomic E-state index is 4.64. The Hall–Kier alpha value is -2.10. The Labute approximate surface area is 131 Å². The number of aromatic nitrogens is 4. The van der Waals surface area contributed by atoms with Crippen LogP contribution in [0.3, 0.4) is 0 Å². The van der Waals surface area contributed by atoms with Gasteiger partial charge in [-0.05, 0) is 10.8 Å². The average Bonchev–Trinajstić information content (AvgIpc) is 2.41. The van der Waals surface area contributed by atoms with E-state index in [2.05, 4.69) is 61.5 Å². The van der Waals surface area contributed by atoms with Crippen molar-refractivity contribution in [2.75, 3.05) is 0 Å². The lowest BCUT2D eigenvalue weighted by molar-refractivity contribution is 0.589. The molecule has 0 N–H and O–H groups in total. The summed E-state index contributed by atoms with van der Waals surface area (Å²) in [5.74, 6) is 0. The second kappa shape index (κ2) is 4.70. The predicted molar refractivity (Wildman–Crippen MR) is 90.0 cm³/mol. The summed E-state index contributed by atoms with van der Waals surface area (Å²) < 4.78 is 0. The van der Waals surface area contributed by atoms with Crippen LogP contribution in [0.2, 0.25) is 0 Å². The first-order valence-electron chi connectivity index (χ1n) is 7.59. The molecule has 0 spiro atoms. The first-order chi connectivity index (χ1) is 10.2. The van der Waals surface area contributed by atoms with Gasteiger partial charge in [0, 0.05) is 35.9 Å². The SMILES string of the molecule is CC(C)(C)c1c2nccnc2c(C(C)(C)C)c2nccnc12. The van der Waals surface area contributed by atoms with Crippen LogP contribution in [0.4, 0.5) is 0 Å². The maximum atomic E-state index is 4.64. The second-order valence-corrected chi connectivity index (χ2v) is 7.76. The van der Waals surface area contributed by atoms with Crippen molar-refractivity contribution in [3.8, 4) is 0 Å². The van der Waals surface area contributed by atoms with Crippen LogP contribution in [0.5, 0.6) is 0 Å². The molecule has 0 bridgehead atoms. The molecule has 4 nitrogen and oxygen atoms in total. The van der Waals surface area contributed by atoms with E-state index in [-0.39, 0.29) is 10.8 Å². The third kappa shape index (κ3) is 2.23. The molecule has 3 rings (SSSR count). The number of fused-ring (bicyclic) bond motifs is 2. The molecule has 0 aliphatic heterocycles. The fraction of sp³-hybridized carbons (Fsp3) is 0.444. The van der Waals surface area contributed by atoms with E-state index in [9.17, 15) is 0 Å². The Morgan fingerprint density at radius 1 is 0.500 bits per heavy atom. The molecule has 4 heteroatoms. The Balaban J connectivity index is 2.67. The highest BCUT2D eigenvalue weighted by Crippen LogP contribution is 2.40. The summed E-state index contributed by atoms with van der Waals surface area (Å²) in [5.41, 5.74) is 5.82. The number of hydrogen-bond donors (Lipinski definition) is 0. The molecule has 0 radical (unpaired) electrons. The lowest BCUT2D eigenvalue weighted by Crippen LogP contribution is -2.19. The van der Waals surface area contributed by atoms with Crippen LogP contribution >= 0.6 is 0 Å². The lowest BCUT2D eigenvalue weighted by atomic mass is 9.79. The van der Waals surface area contributed by atoms with Crippen LogP contribution in [0.25, 0.3) is 22.1 Å². The van der Waals surface area contributed by atoms with E-state index < -0.39 is 0 Å². The van der Waals surface area contributed by atoms with Gasteiger partial charge in [-0.25, -0.2) is 0 Å². The van der Waals surface area contributed by atoms with Crippen LogP contribution in [0.15, 0.2) is 24.8 Å². The van der Waals surface area contributed by atoms with E-state index in [4.69, 9.17) is 0 Å². The molecule has 22 heavy (non-hydrogen) atoms. The van der Waals surface area contributed by atoms with Gasteiger partial charge < -0.3 is 0 Å². The molecule has 0 amide bonds. The first-order valence-corrected chi connectivity index (χ1v) is 7.59. The molecule has 0 unspecified atom stereocenters. The van der Waals surface area contributed by atoms with E-state index in [0.717, 1.165) is 33.2 Å². The van der Waals surface area contributed by atoms with E-state index in [1.54, 1.807) is 24.8 Å². The van der Waals surface area contributed by atoms with E-state index in [1.165, 1.54) is 0 Å². The van der Waals surface area contributed by atoms with Gasteiger partial charge in [0.2, 0.25) is 0 Å². The number of benzene rings is 1. The highest BCUT2D eigenvalue weighted by Gasteiger charge is 2.29. The van der Waals surface area contributed by atoms with Crippen molar-refractivity contribution in [2.24, 2.45) is 0 Å². The largest absolute Gasteiger partial charge is 0.253 e. The fourth-order valence-corrected chi connectivity index (χ4v) is 3.05. The van der Waals surface area contributed by atoms with Gasteiger partial charge in [0.1, 0.15) is 0 Å². The topological polar surface area (TPSA) is 51.6 Å². The fourth-order valence-electron chi connectivity index (χ4n) is 3.05. The van der Waals surface area contributed by atoms with Gasteiger partial charge in [-0.1, -0.05) is 41.5 Å². The maximum Gasteiger partial charge on any atom is 0.0950 e. The van der Waals surface area contributed by atoms with E-state index in [1.807, 2.05) is 0 Å². The lowest BCUT2D eigenvalue weighted by Gasteiger charge is -2.27. The van der Waals surface area contributed by atoms with Gasteiger partial charge in [0.25, 0.3) is 0 Å². The quantitative estimate of drug-likeness (QED) is 0.584. The van der Waals surface area contributed by atoms with Crippen molar-refractivity contribution in [3.63, 3.8) is 0 Å². The Kier molecular flexibility index (Phi) is 3.17. The smallest absolute Gasteiger partial charge is 0.0950 e. The van der Waals surface area contributed by atoms with Crippen LogP contribution in [0, 0.1) is 0 Å². The van der Waals surface area contributed by atoms with Crippen LogP contribution in [-0.4, -0.2) is 19.9 Å². The zero-order chi connectivity index (χ0) is 16.1. The Morgan fingerprint density at radius 3 is 0.909 bits per heavy atom. The van der Waals surface area contributed by atoms with Crippen molar-refractivity contribution < 1.29 is 0 Å². The molecule has 2 heterocycles. The standard InChI is InChI=1S/C18H22N4/c1-17(2,3)11-13-15(21-9-7-19-13)12(18(4,5)6)16-14(11)20-8-10-22-16/h7-10H,1-6H3. The van der Waals surface area contributed by atoms with E-state index >= 15 is 0 Å². The average molecular weight is 294 g/mol. The summed E-state index contributed by atoms with van der Waals surface area (Å²) >= 11 is 0. The molecule has 0 aliphatic rings. The molecule has 0 saturated heterocycles. The summed E-state index contributed by atoms with van der Waals surface area (Å²) in [6.07, 6.45) is 7.02. The minimum Gasteiger partial charge on any atom is -0.253 e. The van der Waals surface area contributed by atoms with Gasteiger partial charge in [0.15, 0.2) is 0 Å². The minimum atomic E-state index is -0.0843. The molecule has 0 aliphatic carbocycles. The van der Waals surface area contributed by atoms with Gasteiger partial charge >= 0.3 is 0 Å². The molecule has 114 valence electrons. The van der Waals surface area contributed by atoms with Gasteiger partial charge in [-0.15, -0.1) is 0 Å². The summed E-state index contributed by atoms with van der Waals surface area (Å²) in [5, 5.41) is 0. The molecule has 3 aromatic rings. The Morgan fingerprint density at radius 2 is 0.727 bits per heavy atom. The zero-order valence-electron chi connectivity index (χ0n) is 14.1. The van der Waals surface area contributed by atoms with Crippen molar-refractivity contribution >= 4 is 22.1 Å². The van der Waals surface area contributed by atoms with Crippen molar-refractivity contribution in [3.05, 3.63) is 35.9 Å². The summed E-state index contributed by atoms with van der Waals surface area (Å²) in [6.45, 7) is 13.1. The predicted octanol–water partition coefficient (Wildman–Crippen LogP) is 4.17. The highest BCUT2D eigenvalue weighted by molar-refractivity contribution is 6.00. The molecule has 0 fully saturated rings. The molecule has 1 aromatic carbocycles. The summed E-state index contributed by atoms with van der Waals surface area (Å²) in [6, 6.07) is 0. The summed E-state index contributed by atoms with van der Waals surface area (Å²) in [7, 11) is 0. The van der Waals surface area contributed by atoms with Crippen molar-refractivity contribution in [1.82, 2.24) is 19.9 Å². The minimum absolute atomic E-state index is 0.0843. The monoisotopic (exact) mass is 294 g/mol. The second-order valence-electron chi connectivity index (χ2n) is 7.76. The number of hydrogen-bond acceptors (Lipinski definition) is 4. The normalized spacial score (nSPS) is 13.0. The molecular weight excluding hydrogens is 272 g/mol. The Bertz CT molecular complexity index is 725. The zero-order valence-corrected chi connectivity index (χ0v) is 14.1. The van der Waals surface area contributed by atoms with Crippen molar-refractivity contribution in [1.29, 1.82) is 0 Å². The third-order valence-electron chi connectivity index (χ3n) is 3.84. The number of nitrogens with zero attached hydrogens (tertiary/aromatic N) is 4. The molecule has 0 atom stereocenters. The van der Waals surface area contributed by atoms with Crippen LogP contribution in [-0.2, 0) is 10.8 Å². The van der Waals surface area contributed by atoms with Gasteiger partial charge in [-0.3, -0.25) is 19.9 Å². The molecule has 2 aromatic heterocycles. The highest BCUT2D eigenvalue weighted by atomic mass is 14.8. The van der Waals surface area contributed by atoms with E-state index in [0.29, 0.717) is 0 Å². The molecular formula is C18H22N4. The van der Waals surface area contributed by atoms with Gasteiger partial charge in [-0.2, -0.15) is 0 Å². The molecule has 0 saturated carbocycles. The summed E-state index contributed by atoms with van der Waals surface area (Å²) in [4.78, 5) is 18.6. The van der Waals surface area contributed by atoms with Crippen molar-refractivity contribution in [2.45, 2.75) is 52.4 Å². The van der Waals surface area contributed by atoms with Crippen LogP contribution in [0.1, 0.15) is 52.7 Å². The first kappa shape index (κ1) is 14.8. The third-order valence-corrected chi connectivity index (χ3v) is 3.84. The van der Waals surface area contributed by atoms with Crippen LogP contribution < -0.4 is 0 Å².